The van der Waals surface area contributed by atoms with Crippen LogP contribution in [0.1, 0.15) is 32.1 Å². The van der Waals surface area contributed by atoms with Crippen molar-refractivity contribution in [3.63, 3.8) is 0 Å². The van der Waals surface area contributed by atoms with Crippen molar-refractivity contribution >= 4 is 11.6 Å². The van der Waals surface area contributed by atoms with Crippen LogP contribution >= 0.6 is 0 Å². The van der Waals surface area contributed by atoms with E-state index in [0.717, 1.165) is 31.4 Å². The van der Waals surface area contributed by atoms with Crippen molar-refractivity contribution in [3.8, 4) is 0 Å². The maximum absolute atomic E-state index is 12.8. The third-order valence-corrected chi connectivity index (χ3v) is 3.50. The van der Waals surface area contributed by atoms with Gasteiger partial charge < -0.3 is 4.90 Å². The van der Waals surface area contributed by atoms with Crippen molar-refractivity contribution in [1.82, 2.24) is 0 Å². The van der Waals surface area contributed by atoms with Crippen LogP contribution in [0.2, 0.25) is 0 Å². The summed E-state index contributed by atoms with van der Waals surface area (Å²) in [4.78, 5) is 13.9. The molecule has 3 heteroatoms. The van der Waals surface area contributed by atoms with Crippen LogP contribution < -0.4 is 4.90 Å². The lowest BCUT2D eigenvalue weighted by Crippen LogP contribution is -2.33. The second kappa shape index (κ2) is 5.30. The molecule has 1 aliphatic rings. The maximum Gasteiger partial charge on any atom is 0.229 e. The van der Waals surface area contributed by atoms with E-state index in [1.165, 1.54) is 18.6 Å². The lowest BCUT2D eigenvalue weighted by Gasteiger charge is -2.26. The fraction of sp³-hybridized carbons (Fsp3) is 0.500. The highest BCUT2D eigenvalue weighted by Crippen LogP contribution is 2.26. The van der Waals surface area contributed by atoms with Crippen LogP contribution in [0.4, 0.5) is 10.1 Å². The van der Waals surface area contributed by atoms with E-state index in [9.17, 15) is 9.18 Å². The number of halogens is 1. The smallest absolute Gasteiger partial charge is 0.229 e. The molecule has 0 aliphatic heterocycles. The first-order valence-corrected chi connectivity index (χ1v) is 6.21. The van der Waals surface area contributed by atoms with Gasteiger partial charge in [0.1, 0.15) is 5.82 Å². The Labute approximate surface area is 101 Å². The first kappa shape index (κ1) is 12.1. The minimum absolute atomic E-state index is 0.152. The normalized spacial score (nSPS) is 16.8. The van der Waals surface area contributed by atoms with Gasteiger partial charge in [0.15, 0.2) is 0 Å². The topological polar surface area (TPSA) is 20.3 Å². The Morgan fingerprint density at radius 2 is 1.76 bits per heavy atom. The lowest BCUT2D eigenvalue weighted by atomic mass is 9.88. The Hall–Kier alpha value is -1.38. The molecule has 0 radical (unpaired) electrons. The quantitative estimate of drug-likeness (QED) is 0.769. The number of benzene rings is 1. The average molecular weight is 235 g/mol. The maximum atomic E-state index is 12.8. The van der Waals surface area contributed by atoms with Crippen LogP contribution in [-0.4, -0.2) is 13.0 Å². The predicted octanol–water partition coefficient (Wildman–Crippen LogP) is 3.37. The van der Waals surface area contributed by atoms with Gasteiger partial charge >= 0.3 is 0 Å². The summed E-state index contributed by atoms with van der Waals surface area (Å²) < 4.78 is 12.8. The van der Waals surface area contributed by atoms with Gasteiger partial charge in [-0.3, -0.25) is 4.79 Å². The van der Waals surface area contributed by atoms with E-state index in [1.807, 2.05) is 0 Å². The highest BCUT2D eigenvalue weighted by Gasteiger charge is 2.24. The predicted molar refractivity (Wildman–Crippen MR) is 66.4 cm³/mol. The second-order valence-electron chi connectivity index (χ2n) is 4.71. The molecular weight excluding hydrogens is 217 g/mol. The van der Waals surface area contributed by atoms with Gasteiger partial charge in [0.2, 0.25) is 5.91 Å². The Balaban J connectivity index is 2.05. The number of rotatable bonds is 2. The summed E-state index contributed by atoms with van der Waals surface area (Å²) in [5, 5.41) is 0. The monoisotopic (exact) mass is 235 g/mol. The van der Waals surface area contributed by atoms with E-state index in [4.69, 9.17) is 0 Å². The summed E-state index contributed by atoms with van der Waals surface area (Å²) in [5.41, 5.74) is 0.766. The van der Waals surface area contributed by atoms with Gasteiger partial charge in [0.05, 0.1) is 0 Å². The first-order valence-electron chi connectivity index (χ1n) is 6.21. The zero-order valence-electron chi connectivity index (χ0n) is 10.2. The molecule has 0 bridgehead atoms. The Morgan fingerprint density at radius 1 is 1.18 bits per heavy atom. The average Bonchev–Trinajstić information content (AvgIpc) is 2.39. The summed E-state index contributed by atoms with van der Waals surface area (Å²) in [5.74, 6) is 0.0439. The fourth-order valence-corrected chi connectivity index (χ4v) is 2.42. The molecule has 2 nitrogen and oxygen atoms in total. The number of hydrogen-bond donors (Lipinski definition) is 0. The molecule has 0 spiro atoms. The van der Waals surface area contributed by atoms with Crippen molar-refractivity contribution in [1.29, 1.82) is 0 Å². The molecule has 0 N–H and O–H groups in total. The van der Waals surface area contributed by atoms with Crippen molar-refractivity contribution in [2.75, 3.05) is 11.9 Å². The van der Waals surface area contributed by atoms with Gasteiger partial charge in [0, 0.05) is 18.7 Å². The molecule has 2 rings (SSSR count). The molecule has 1 aliphatic carbocycles. The molecule has 1 saturated carbocycles. The standard InChI is InChI=1S/C14H18FNO/c1-16(13-9-7-12(15)8-10-13)14(17)11-5-3-2-4-6-11/h7-11H,2-6H2,1H3. The molecule has 1 aromatic rings. The molecule has 92 valence electrons. The van der Waals surface area contributed by atoms with Gasteiger partial charge in [-0.2, -0.15) is 0 Å². The number of carbonyl (C=O) groups excluding carboxylic acids is 1. The van der Waals surface area contributed by atoms with Crippen LogP contribution in [-0.2, 0) is 4.79 Å². The minimum Gasteiger partial charge on any atom is -0.315 e. The lowest BCUT2D eigenvalue weighted by molar-refractivity contribution is -0.123. The minimum atomic E-state index is -0.271. The first-order chi connectivity index (χ1) is 8.18. The molecule has 0 heterocycles. The van der Waals surface area contributed by atoms with Crippen LogP contribution in [0.5, 0.6) is 0 Å². The van der Waals surface area contributed by atoms with Crippen molar-refractivity contribution < 1.29 is 9.18 Å². The molecular formula is C14H18FNO. The molecule has 17 heavy (non-hydrogen) atoms. The van der Waals surface area contributed by atoms with Crippen molar-refractivity contribution in [2.45, 2.75) is 32.1 Å². The summed E-state index contributed by atoms with van der Waals surface area (Å²) in [6.07, 6.45) is 5.51. The van der Waals surface area contributed by atoms with E-state index in [0.29, 0.717) is 0 Å². The number of carbonyl (C=O) groups is 1. The Bertz CT molecular complexity index is 382. The van der Waals surface area contributed by atoms with Gasteiger partial charge in [-0.1, -0.05) is 19.3 Å². The number of amides is 1. The van der Waals surface area contributed by atoms with Crippen LogP contribution in [0.15, 0.2) is 24.3 Å². The van der Waals surface area contributed by atoms with Crippen LogP contribution in [0.25, 0.3) is 0 Å². The van der Waals surface area contributed by atoms with Crippen LogP contribution in [0, 0.1) is 11.7 Å². The fourth-order valence-electron chi connectivity index (χ4n) is 2.42. The van der Waals surface area contributed by atoms with Gasteiger partial charge in [-0.05, 0) is 37.1 Å². The number of anilines is 1. The van der Waals surface area contributed by atoms with Gasteiger partial charge in [-0.15, -0.1) is 0 Å². The summed E-state index contributed by atoms with van der Waals surface area (Å²) in [6, 6.07) is 6.08. The zero-order valence-corrected chi connectivity index (χ0v) is 10.2. The molecule has 1 fully saturated rings. The van der Waals surface area contributed by atoms with E-state index < -0.39 is 0 Å². The van der Waals surface area contributed by atoms with Gasteiger partial charge in [0.25, 0.3) is 0 Å². The van der Waals surface area contributed by atoms with Gasteiger partial charge in [-0.25, -0.2) is 4.39 Å². The van der Waals surface area contributed by atoms with E-state index in [1.54, 1.807) is 24.1 Å². The molecule has 0 saturated heterocycles. The van der Waals surface area contributed by atoms with E-state index >= 15 is 0 Å². The Morgan fingerprint density at radius 3 is 2.35 bits per heavy atom. The van der Waals surface area contributed by atoms with Crippen LogP contribution in [0.3, 0.4) is 0 Å². The SMILES string of the molecule is CN(C(=O)C1CCCCC1)c1ccc(F)cc1. The molecule has 1 amide bonds. The highest BCUT2D eigenvalue weighted by molar-refractivity contribution is 5.94. The number of hydrogen-bond acceptors (Lipinski definition) is 1. The summed E-state index contributed by atoms with van der Waals surface area (Å²) in [7, 11) is 1.77. The summed E-state index contributed by atoms with van der Waals surface area (Å²) in [6.45, 7) is 0. The summed E-state index contributed by atoms with van der Waals surface area (Å²) >= 11 is 0. The molecule has 0 unspecified atom stereocenters. The zero-order chi connectivity index (χ0) is 12.3. The highest BCUT2D eigenvalue weighted by atomic mass is 19.1. The van der Waals surface area contributed by atoms with Crippen molar-refractivity contribution in [2.24, 2.45) is 5.92 Å². The Kier molecular flexibility index (Phi) is 3.77. The second-order valence-corrected chi connectivity index (χ2v) is 4.71. The number of nitrogens with zero attached hydrogens (tertiary/aromatic N) is 1. The van der Waals surface area contributed by atoms with E-state index in [2.05, 4.69) is 0 Å². The third kappa shape index (κ3) is 2.84. The largest absolute Gasteiger partial charge is 0.315 e. The van der Waals surface area contributed by atoms with E-state index in [-0.39, 0.29) is 17.6 Å². The molecule has 1 aromatic carbocycles. The molecule has 0 atom stereocenters. The molecule has 0 aromatic heterocycles. The van der Waals surface area contributed by atoms with Crippen molar-refractivity contribution in [3.05, 3.63) is 30.1 Å². The third-order valence-electron chi connectivity index (χ3n) is 3.50.